The largest absolute Gasteiger partial charge is 0.378 e. The molecule has 5 heteroatoms. The summed E-state index contributed by atoms with van der Waals surface area (Å²) in [6.07, 6.45) is 0. The van der Waals surface area contributed by atoms with Crippen LogP contribution in [-0.4, -0.2) is 51.4 Å². The van der Waals surface area contributed by atoms with E-state index in [4.69, 9.17) is 0 Å². The first-order chi connectivity index (χ1) is 12.4. The van der Waals surface area contributed by atoms with Crippen molar-refractivity contribution >= 4 is 17.5 Å². The van der Waals surface area contributed by atoms with E-state index in [1.54, 1.807) is 44.4 Å². The van der Waals surface area contributed by atoms with Gasteiger partial charge in [0.25, 0.3) is 11.8 Å². The molecule has 26 heavy (non-hydrogen) atoms. The minimum Gasteiger partial charge on any atom is -0.378 e. The van der Waals surface area contributed by atoms with E-state index < -0.39 is 0 Å². The lowest BCUT2D eigenvalue weighted by atomic mass is 10.1. The smallest absolute Gasteiger partial charge is 0.253 e. The van der Waals surface area contributed by atoms with Crippen LogP contribution in [0.25, 0.3) is 0 Å². The van der Waals surface area contributed by atoms with Gasteiger partial charge in [0.05, 0.1) is 6.54 Å². The highest BCUT2D eigenvalue weighted by Gasteiger charge is 2.07. The molecule has 1 N–H and O–H groups in total. The van der Waals surface area contributed by atoms with E-state index in [-0.39, 0.29) is 18.4 Å². The highest BCUT2D eigenvalue weighted by atomic mass is 16.2. The fraction of sp³-hybridized carbons (Fsp3) is 0.238. The standard InChI is InChI=1S/C21H23N3O2/c1-23(2)19-9-5-8-18(15-19)20(25)22-14-6-7-16-10-12-17(13-11-16)21(26)24(3)4/h5,8-13,15H,14H2,1-4H3,(H,22,25). The number of nitrogens with zero attached hydrogens (tertiary/aromatic N) is 2. The summed E-state index contributed by atoms with van der Waals surface area (Å²) in [5.41, 5.74) is 2.99. The number of nitrogens with one attached hydrogen (secondary N) is 1. The third-order valence-corrected chi connectivity index (χ3v) is 3.73. The number of rotatable bonds is 4. The summed E-state index contributed by atoms with van der Waals surface area (Å²) in [7, 11) is 7.29. The Morgan fingerprint density at radius 1 is 0.962 bits per heavy atom. The molecule has 0 bridgehead atoms. The van der Waals surface area contributed by atoms with Crippen molar-refractivity contribution in [2.24, 2.45) is 0 Å². The maximum atomic E-state index is 12.2. The molecule has 0 aliphatic rings. The molecule has 0 atom stereocenters. The Morgan fingerprint density at radius 3 is 2.27 bits per heavy atom. The number of carbonyl (C=O) groups is 2. The van der Waals surface area contributed by atoms with Gasteiger partial charge in [-0.25, -0.2) is 0 Å². The Kier molecular flexibility index (Phi) is 6.40. The van der Waals surface area contributed by atoms with Gasteiger partial charge in [0, 0.05) is 50.6 Å². The lowest BCUT2D eigenvalue weighted by molar-refractivity contribution is 0.0827. The van der Waals surface area contributed by atoms with E-state index in [0.29, 0.717) is 11.1 Å². The van der Waals surface area contributed by atoms with Crippen LogP contribution in [-0.2, 0) is 0 Å². The Bertz CT molecular complexity index is 844. The van der Waals surface area contributed by atoms with Crippen molar-refractivity contribution < 1.29 is 9.59 Å². The minimum atomic E-state index is -0.157. The second-order valence-electron chi connectivity index (χ2n) is 6.21. The molecule has 0 fully saturated rings. The van der Waals surface area contributed by atoms with Crippen LogP contribution in [0.5, 0.6) is 0 Å². The molecular formula is C21H23N3O2. The van der Waals surface area contributed by atoms with Crippen LogP contribution < -0.4 is 10.2 Å². The van der Waals surface area contributed by atoms with E-state index in [1.165, 1.54) is 4.90 Å². The molecule has 0 aliphatic heterocycles. The Labute approximate surface area is 154 Å². The molecule has 0 aliphatic carbocycles. The summed E-state index contributed by atoms with van der Waals surface area (Å²) < 4.78 is 0. The number of hydrogen-bond donors (Lipinski definition) is 1. The maximum Gasteiger partial charge on any atom is 0.253 e. The van der Waals surface area contributed by atoms with Gasteiger partial charge < -0.3 is 15.1 Å². The van der Waals surface area contributed by atoms with Crippen molar-refractivity contribution in [3.8, 4) is 11.8 Å². The Balaban J connectivity index is 1.93. The molecule has 2 amide bonds. The Morgan fingerprint density at radius 2 is 1.65 bits per heavy atom. The van der Waals surface area contributed by atoms with Gasteiger partial charge in [0.2, 0.25) is 0 Å². The molecule has 0 spiro atoms. The Hall–Kier alpha value is -3.26. The SMILES string of the molecule is CN(C)C(=O)c1ccc(C#CCNC(=O)c2cccc(N(C)C)c2)cc1. The lowest BCUT2D eigenvalue weighted by Crippen LogP contribution is -2.24. The summed E-state index contributed by atoms with van der Waals surface area (Å²) in [5.74, 6) is 5.70. The van der Waals surface area contributed by atoms with Crippen LogP contribution in [0.15, 0.2) is 48.5 Å². The van der Waals surface area contributed by atoms with E-state index in [0.717, 1.165) is 11.3 Å². The maximum absolute atomic E-state index is 12.2. The molecule has 0 saturated heterocycles. The average Bonchev–Trinajstić information content (AvgIpc) is 2.65. The summed E-state index contributed by atoms with van der Waals surface area (Å²) >= 11 is 0. The van der Waals surface area contributed by atoms with E-state index in [9.17, 15) is 9.59 Å². The lowest BCUT2D eigenvalue weighted by Gasteiger charge is -2.13. The van der Waals surface area contributed by atoms with Crippen LogP contribution in [0.1, 0.15) is 26.3 Å². The molecule has 2 aromatic rings. The van der Waals surface area contributed by atoms with Crippen LogP contribution in [0, 0.1) is 11.8 Å². The molecule has 2 aromatic carbocycles. The predicted molar refractivity (Wildman–Crippen MR) is 104 cm³/mol. The van der Waals surface area contributed by atoms with E-state index in [1.807, 2.05) is 37.2 Å². The van der Waals surface area contributed by atoms with Gasteiger partial charge in [-0.3, -0.25) is 9.59 Å². The van der Waals surface area contributed by atoms with Gasteiger partial charge in [-0.05, 0) is 42.5 Å². The summed E-state index contributed by atoms with van der Waals surface area (Å²) in [6.45, 7) is 0.253. The first-order valence-corrected chi connectivity index (χ1v) is 8.24. The number of benzene rings is 2. The molecule has 0 saturated carbocycles. The second kappa shape index (κ2) is 8.72. The summed E-state index contributed by atoms with van der Waals surface area (Å²) in [6, 6.07) is 14.5. The normalized spacial score (nSPS) is 9.69. The van der Waals surface area contributed by atoms with Crippen molar-refractivity contribution in [1.82, 2.24) is 10.2 Å². The minimum absolute atomic E-state index is 0.0447. The van der Waals surface area contributed by atoms with E-state index in [2.05, 4.69) is 17.2 Å². The fourth-order valence-electron chi connectivity index (χ4n) is 2.25. The monoisotopic (exact) mass is 349 g/mol. The number of hydrogen-bond acceptors (Lipinski definition) is 3. The molecule has 0 heterocycles. The highest BCUT2D eigenvalue weighted by molar-refractivity contribution is 5.95. The number of amides is 2. The van der Waals surface area contributed by atoms with Gasteiger partial charge in [0.1, 0.15) is 0 Å². The zero-order chi connectivity index (χ0) is 19.1. The first kappa shape index (κ1) is 19.1. The van der Waals surface area contributed by atoms with Gasteiger partial charge in [-0.15, -0.1) is 0 Å². The van der Waals surface area contributed by atoms with Gasteiger partial charge in [0.15, 0.2) is 0 Å². The van der Waals surface area contributed by atoms with E-state index >= 15 is 0 Å². The van der Waals surface area contributed by atoms with Crippen molar-refractivity contribution in [1.29, 1.82) is 0 Å². The van der Waals surface area contributed by atoms with Crippen molar-refractivity contribution in [2.45, 2.75) is 0 Å². The van der Waals surface area contributed by atoms with Crippen molar-refractivity contribution in [3.05, 3.63) is 65.2 Å². The van der Waals surface area contributed by atoms with Gasteiger partial charge >= 0.3 is 0 Å². The number of anilines is 1. The van der Waals surface area contributed by atoms with Crippen LogP contribution in [0.2, 0.25) is 0 Å². The van der Waals surface area contributed by atoms with Crippen LogP contribution in [0.4, 0.5) is 5.69 Å². The molecule has 0 aromatic heterocycles. The zero-order valence-corrected chi connectivity index (χ0v) is 15.5. The molecular weight excluding hydrogens is 326 g/mol. The summed E-state index contributed by atoms with van der Waals surface area (Å²) in [4.78, 5) is 27.5. The third-order valence-electron chi connectivity index (χ3n) is 3.73. The van der Waals surface area contributed by atoms with Crippen molar-refractivity contribution in [2.75, 3.05) is 39.6 Å². The molecule has 5 nitrogen and oxygen atoms in total. The molecule has 134 valence electrons. The molecule has 0 unspecified atom stereocenters. The predicted octanol–water partition coefficient (Wildman–Crippen LogP) is 2.24. The molecule has 0 radical (unpaired) electrons. The van der Waals surface area contributed by atoms with Gasteiger partial charge in [-0.2, -0.15) is 0 Å². The second-order valence-corrected chi connectivity index (χ2v) is 6.21. The van der Waals surface area contributed by atoms with Crippen molar-refractivity contribution in [3.63, 3.8) is 0 Å². The fourth-order valence-corrected chi connectivity index (χ4v) is 2.25. The van der Waals surface area contributed by atoms with Crippen LogP contribution >= 0.6 is 0 Å². The third kappa shape index (κ3) is 5.12. The van der Waals surface area contributed by atoms with Gasteiger partial charge in [-0.1, -0.05) is 17.9 Å². The molecule has 2 rings (SSSR count). The average molecular weight is 349 g/mol. The highest BCUT2D eigenvalue weighted by Crippen LogP contribution is 2.13. The summed E-state index contributed by atoms with van der Waals surface area (Å²) in [5, 5.41) is 2.79. The quantitative estimate of drug-likeness (QED) is 0.862. The topological polar surface area (TPSA) is 52.7 Å². The van der Waals surface area contributed by atoms with Crippen LogP contribution in [0.3, 0.4) is 0 Å². The number of carbonyl (C=O) groups excluding carboxylic acids is 2. The zero-order valence-electron chi connectivity index (χ0n) is 15.5. The first-order valence-electron chi connectivity index (χ1n) is 8.24.